The number of hydrogen-bond acceptors (Lipinski definition) is 2. The third kappa shape index (κ3) is 1.95. The number of fused-ring (bicyclic) bond motifs is 1. The second kappa shape index (κ2) is 4.67. The van der Waals surface area contributed by atoms with Gasteiger partial charge in [-0.2, -0.15) is 0 Å². The zero-order chi connectivity index (χ0) is 14.3. The summed E-state index contributed by atoms with van der Waals surface area (Å²) in [6.07, 6.45) is 0. The van der Waals surface area contributed by atoms with Crippen LogP contribution in [0.2, 0.25) is 0 Å². The number of para-hydroxylation sites is 2. The molecule has 3 heteroatoms. The van der Waals surface area contributed by atoms with Crippen molar-refractivity contribution in [2.45, 2.75) is 20.8 Å². The number of carbonyl (C=O) groups excluding carboxylic acids is 1. The Morgan fingerprint density at radius 2 is 1.70 bits per heavy atom. The van der Waals surface area contributed by atoms with Crippen LogP contribution in [-0.4, -0.2) is 12.5 Å². The molecule has 1 aliphatic rings. The van der Waals surface area contributed by atoms with Crippen molar-refractivity contribution in [1.29, 1.82) is 0 Å². The van der Waals surface area contributed by atoms with Gasteiger partial charge in [0.1, 0.15) is 0 Å². The van der Waals surface area contributed by atoms with Crippen LogP contribution in [0.15, 0.2) is 36.4 Å². The van der Waals surface area contributed by atoms with Crippen molar-refractivity contribution in [2.75, 3.05) is 16.8 Å². The molecular formula is C17H18N2O. The SMILES string of the molecule is Cc1cc(C)c(N2C(=O)CNc3ccccc32)c(C)c1. The van der Waals surface area contributed by atoms with E-state index in [4.69, 9.17) is 0 Å². The number of anilines is 3. The van der Waals surface area contributed by atoms with E-state index in [9.17, 15) is 4.79 Å². The van der Waals surface area contributed by atoms with Gasteiger partial charge in [-0.3, -0.25) is 9.69 Å². The van der Waals surface area contributed by atoms with Gasteiger partial charge in [-0.05, 0) is 44.0 Å². The van der Waals surface area contributed by atoms with Crippen molar-refractivity contribution < 1.29 is 4.79 Å². The van der Waals surface area contributed by atoms with Crippen LogP contribution in [-0.2, 0) is 4.79 Å². The van der Waals surface area contributed by atoms with E-state index in [1.807, 2.05) is 29.2 Å². The third-order valence-electron chi connectivity index (χ3n) is 3.68. The molecule has 1 amide bonds. The molecular weight excluding hydrogens is 248 g/mol. The van der Waals surface area contributed by atoms with Gasteiger partial charge in [-0.15, -0.1) is 0 Å². The molecule has 0 aromatic heterocycles. The monoisotopic (exact) mass is 266 g/mol. The number of nitrogens with zero attached hydrogens (tertiary/aromatic N) is 1. The largest absolute Gasteiger partial charge is 0.374 e. The Kier molecular flexibility index (Phi) is 2.97. The van der Waals surface area contributed by atoms with Crippen molar-refractivity contribution in [1.82, 2.24) is 0 Å². The predicted molar refractivity (Wildman–Crippen MR) is 82.7 cm³/mol. The lowest BCUT2D eigenvalue weighted by Gasteiger charge is -2.32. The van der Waals surface area contributed by atoms with E-state index in [0.717, 1.165) is 28.2 Å². The summed E-state index contributed by atoms with van der Waals surface area (Å²) < 4.78 is 0. The number of carbonyl (C=O) groups is 1. The van der Waals surface area contributed by atoms with Gasteiger partial charge in [0, 0.05) is 0 Å². The highest BCUT2D eigenvalue weighted by Gasteiger charge is 2.27. The zero-order valence-corrected chi connectivity index (χ0v) is 12.0. The molecule has 3 rings (SSSR count). The molecule has 2 aromatic carbocycles. The summed E-state index contributed by atoms with van der Waals surface area (Å²) in [5.74, 6) is 0.0822. The first kappa shape index (κ1) is 12.7. The molecule has 0 unspecified atom stereocenters. The van der Waals surface area contributed by atoms with E-state index < -0.39 is 0 Å². The van der Waals surface area contributed by atoms with Crippen molar-refractivity contribution >= 4 is 23.0 Å². The number of benzene rings is 2. The molecule has 0 aliphatic carbocycles. The van der Waals surface area contributed by atoms with Gasteiger partial charge in [-0.25, -0.2) is 0 Å². The number of aryl methyl sites for hydroxylation is 3. The summed E-state index contributed by atoms with van der Waals surface area (Å²) >= 11 is 0. The molecule has 0 bridgehead atoms. The molecule has 1 N–H and O–H groups in total. The highest BCUT2D eigenvalue weighted by Crippen LogP contribution is 2.38. The molecule has 0 saturated carbocycles. The van der Waals surface area contributed by atoms with Gasteiger partial charge < -0.3 is 5.32 Å². The van der Waals surface area contributed by atoms with Gasteiger partial charge in [0.2, 0.25) is 0 Å². The Bertz CT molecular complexity index is 668. The molecule has 3 nitrogen and oxygen atoms in total. The van der Waals surface area contributed by atoms with E-state index in [0.29, 0.717) is 6.54 Å². The Balaban J connectivity index is 2.22. The Labute approximate surface area is 119 Å². The van der Waals surface area contributed by atoms with Crippen LogP contribution in [0.4, 0.5) is 17.1 Å². The van der Waals surface area contributed by atoms with E-state index in [1.54, 1.807) is 0 Å². The Hall–Kier alpha value is -2.29. The normalized spacial score (nSPS) is 13.9. The molecule has 0 atom stereocenters. The molecule has 20 heavy (non-hydrogen) atoms. The average molecular weight is 266 g/mol. The summed E-state index contributed by atoms with van der Waals surface area (Å²) in [6, 6.07) is 12.2. The van der Waals surface area contributed by atoms with Gasteiger partial charge in [0.15, 0.2) is 0 Å². The van der Waals surface area contributed by atoms with Gasteiger partial charge in [-0.1, -0.05) is 29.8 Å². The molecule has 0 spiro atoms. The lowest BCUT2D eigenvalue weighted by atomic mass is 10.0. The highest BCUT2D eigenvalue weighted by molar-refractivity contribution is 6.09. The Morgan fingerprint density at radius 3 is 2.40 bits per heavy atom. The van der Waals surface area contributed by atoms with Crippen LogP contribution < -0.4 is 10.2 Å². The second-order valence-corrected chi connectivity index (χ2v) is 5.35. The highest BCUT2D eigenvalue weighted by atomic mass is 16.2. The fraction of sp³-hybridized carbons (Fsp3) is 0.235. The fourth-order valence-electron chi connectivity index (χ4n) is 2.97. The molecule has 1 aliphatic heterocycles. The zero-order valence-electron chi connectivity index (χ0n) is 12.0. The van der Waals surface area contributed by atoms with Crippen molar-refractivity contribution in [2.24, 2.45) is 0 Å². The summed E-state index contributed by atoms with van der Waals surface area (Å²) in [7, 11) is 0. The lowest BCUT2D eigenvalue weighted by molar-refractivity contribution is -0.116. The number of amides is 1. The topological polar surface area (TPSA) is 32.3 Å². The first-order chi connectivity index (χ1) is 9.58. The minimum atomic E-state index is 0.0822. The van der Waals surface area contributed by atoms with Crippen LogP contribution in [0.25, 0.3) is 0 Å². The number of nitrogens with one attached hydrogen (secondary N) is 1. The maximum atomic E-state index is 12.4. The summed E-state index contributed by atoms with van der Waals surface area (Å²) in [4.78, 5) is 14.3. The standard InChI is InChI=1S/C17H18N2O/c1-11-8-12(2)17(13(3)9-11)19-15-7-5-4-6-14(15)18-10-16(19)20/h4-9,18H,10H2,1-3H3. The maximum Gasteiger partial charge on any atom is 0.250 e. The Morgan fingerprint density at radius 1 is 1.05 bits per heavy atom. The third-order valence-corrected chi connectivity index (χ3v) is 3.68. The quantitative estimate of drug-likeness (QED) is 0.853. The molecule has 102 valence electrons. The first-order valence-corrected chi connectivity index (χ1v) is 6.81. The van der Waals surface area contributed by atoms with Gasteiger partial charge in [0.25, 0.3) is 5.91 Å². The average Bonchev–Trinajstić information content (AvgIpc) is 2.40. The van der Waals surface area contributed by atoms with Crippen molar-refractivity contribution in [3.8, 4) is 0 Å². The van der Waals surface area contributed by atoms with E-state index in [1.165, 1.54) is 5.56 Å². The van der Waals surface area contributed by atoms with Gasteiger partial charge >= 0.3 is 0 Å². The van der Waals surface area contributed by atoms with E-state index >= 15 is 0 Å². The van der Waals surface area contributed by atoms with Crippen LogP contribution in [0, 0.1) is 20.8 Å². The molecule has 1 heterocycles. The van der Waals surface area contributed by atoms with Crippen LogP contribution in [0.1, 0.15) is 16.7 Å². The van der Waals surface area contributed by atoms with Crippen molar-refractivity contribution in [3.05, 3.63) is 53.1 Å². The van der Waals surface area contributed by atoms with Crippen LogP contribution >= 0.6 is 0 Å². The second-order valence-electron chi connectivity index (χ2n) is 5.35. The molecule has 2 aromatic rings. The number of rotatable bonds is 1. The first-order valence-electron chi connectivity index (χ1n) is 6.81. The summed E-state index contributed by atoms with van der Waals surface area (Å²) in [5.41, 5.74) is 6.43. The predicted octanol–water partition coefficient (Wildman–Crippen LogP) is 3.70. The van der Waals surface area contributed by atoms with Gasteiger partial charge in [0.05, 0.1) is 23.6 Å². The molecule has 0 radical (unpaired) electrons. The summed E-state index contributed by atoms with van der Waals surface area (Å²) in [5, 5.41) is 3.17. The molecule has 0 fully saturated rings. The lowest BCUT2D eigenvalue weighted by Crippen LogP contribution is -2.37. The fourth-order valence-corrected chi connectivity index (χ4v) is 2.97. The smallest absolute Gasteiger partial charge is 0.250 e. The summed E-state index contributed by atoms with van der Waals surface area (Å²) in [6.45, 7) is 6.54. The minimum Gasteiger partial charge on any atom is -0.374 e. The van der Waals surface area contributed by atoms with E-state index in [2.05, 4.69) is 38.2 Å². The van der Waals surface area contributed by atoms with Crippen LogP contribution in [0.5, 0.6) is 0 Å². The van der Waals surface area contributed by atoms with Crippen LogP contribution in [0.3, 0.4) is 0 Å². The molecule has 0 saturated heterocycles. The maximum absolute atomic E-state index is 12.4. The number of hydrogen-bond donors (Lipinski definition) is 1. The van der Waals surface area contributed by atoms with Crippen molar-refractivity contribution in [3.63, 3.8) is 0 Å². The minimum absolute atomic E-state index is 0.0822. The van der Waals surface area contributed by atoms with E-state index in [-0.39, 0.29) is 5.91 Å².